The topological polar surface area (TPSA) is 69.6 Å². The molecule has 0 aliphatic heterocycles. The zero-order chi connectivity index (χ0) is 43.5. The Labute approximate surface area is 374 Å². The summed E-state index contributed by atoms with van der Waals surface area (Å²) in [5, 5.41) is 23.3. The van der Waals surface area contributed by atoms with E-state index in [0.29, 0.717) is 12.8 Å². The van der Waals surface area contributed by atoms with Crippen LogP contribution in [0.1, 0.15) is 258 Å². The van der Waals surface area contributed by atoms with E-state index in [0.717, 1.165) is 83.5 Å². The highest BCUT2D eigenvalue weighted by atomic mass is 16.3. The number of carbonyl (C=O) groups excluding carboxylic acids is 1. The first-order chi connectivity index (χ1) is 29.7. The molecule has 0 saturated carbocycles. The molecule has 0 aromatic rings. The van der Waals surface area contributed by atoms with Gasteiger partial charge in [-0.15, -0.1) is 0 Å². The molecule has 348 valence electrons. The van der Waals surface area contributed by atoms with E-state index in [4.69, 9.17) is 0 Å². The Balaban J connectivity index is 3.55. The molecule has 60 heavy (non-hydrogen) atoms. The number of aliphatic hydroxyl groups excluding tert-OH is 2. The SMILES string of the molecule is CC/C=C\C/C=C\C/C=C\C/C=C\C/C=C\C/C=C\CCCCCCC(=O)NC(CO)C(O)CCCCCCCCCCCCCCCCCCCCCCCCCCC. The van der Waals surface area contributed by atoms with Gasteiger partial charge in [-0.2, -0.15) is 0 Å². The molecule has 4 nitrogen and oxygen atoms in total. The maximum atomic E-state index is 12.5. The number of rotatable bonds is 47. The Bertz CT molecular complexity index is 1040. The molecule has 0 aromatic carbocycles. The summed E-state index contributed by atoms with van der Waals surface area (Å²) in [4.78, 5) is 12.5. The second-order valence-corrected chi connectivity index (χ2v) is 17.6. The summed E-state index contributed by atoms with van der Waals surface area (Å²) in [5.74, 6) is -0.0557. The van der Waals surface area contributed by atoms with E-state index in [1.807, 2.05) is 0 Å². The average Bonchev–Trinajstić information content (AvgIpc) is 3.25. The van der Waals surface area contributed by atoms with E-state index >= 15 is 0 Å². The monoisotopic (exact) mass is 836 g/mol. The van der Waals surface area contributed by atoms with Crippen LogP contribution in [0.2, 0.25) is 0 Å². The Morgan fingerprint density at radius 2 is 0.733 bits per heavy atom. The van der Waals surface area contributed by atoms with Gasteiger partial charge in [0.15, 0.2) is 0 Å². The summed E-state index contributed by atoms with van der Waals surface area (Å²) in [5.41, 5.74) is 0. The first-order valence-corrected chi connectivity index (χ1v) is 26.1. The molecule has 0 radical (unpaired) electrons. The van der Waals surface area contributed by atoms with Gasteiger partial charge in [-0.05, 0) is 64.2 Å². The van der Waals surface area contributed by atoms with Crippen molar-refractivity contribution in [2.75, 3.05) is 6.61 Å². The van der Waals surface area contributed by atoms with Crippen molar-refractivity contribution in [1.29, 1.82) is 0 Å². The van der Waals surface area contributed by atoms with Gasteiger partial charge in [0.1, 0.15) is 0 Å². The molecule has 3 N–H and O–H groups in total. The number of unbranched alkanes of at least 4 members (excludes halogenated alkanes) is 28. The van der Waals surface area contributed by atoms with Crippen molar-refractivity contribution in [3.63, 3.8) is 0 Å². The van der Waals surface area contributed by atoms with Gasteiger partial charge in [0.05, 0.1) is 18.8 Å². The highest BCUT2D eigenvalue weighted by Crippen LogP contribution is 2.17. The molecule has 0 heterocycles. The molecule has 1 amide bonds. The third-order valence-corrected chi connectivity index (χ3v) is 11.7. The molecular weight excluding hydrogens is 735 g/mol. The zero-order valence-corrected chi connectivity index (χ0v) is 40.0. The van der Waals surface area contributed by atoms with E-state index < -0.39 is 12.1 Å². The lowest BCUT2D eigenvalue weighted by molar-refractivity contribution is -0.123. The van der Waals surface area contributed by atoms with Gasteiger partial charge < -0.3 is 15.5 Å². The molecule has 2 atom stereocenters. The van der Waals surface area contributed by atoms with E-state index in [9.17, 15) is 15.0 Å². The fourth-order valence-electron chi connectivity index (χ4n) is 7.78. The number of hydrogen-bond acceptors (Lipinski definition) is 3. The summed E-state index contributed by atoms with van der Waals surface area (Å²) < 4.78 is 0. The molecule has 0 aromatic heterocycles. The highest BCUT2D eigenvalue weighted by molar-refractivity contribution is 5.76. The van der Waals surface area contributed by atoms with Gasteiger partial charge >= 0.3 is 0 Å². The Morgan fingerprint density at radius 3 is 1.10 bits per heavy atom. The van der Waals surface area contributed by atoms with Crippen LogP contribution in [-0.4, -0.2) is 34.9 Å². The van der Waals surface area contributed by atoms with Crippen LogP contribution < -0.4 is 5.32 Å². The highest BCUT2D eigenvalue weighted by Gasteiger charge is 2.20. The van der Waals surface area contributed by atoms with Crippen LogP contribution in [0.15, 0.2) is 72.9 Å². The maximum Gasteiger partial charge on any atom is 0.220 e. The largest absolute Gasteiger partial charge is 0.394 e. The van der Waals surface area contributed by atoms with Crippen molar-refractivity contribution in [3.05, 3.63) is 72.9 Å². The van der Waals surface area contributed by atoms with Crippen LogP contribution in [0, 0.1) is 0 Å². The lowest BCUT2D eigenvalue weighted by Gasteiger charge is -2.22. The molecule has 0 bridgehead atoms. The number of carbonyl (C=O) groups is 1. The lowest BCUT2D eigenvalue weighted by Crippen LogP contribution is -2.45. The Kier molecular flexibility index (Phi) is 49.3. The second kappa shape index (κ2) is 51.2. The Hall–Kier alpha value is -2.17. The van der Waals surface area contributed by atoms with Crippen LogP contribution >= 0.6 is 0 Å². The van der Waals surface area contributed by atoms with Crippen LogP contribution in [-0.2, 0) is 4.79 Å². The third kappa shape index (κ3) is 46.9. The summed E-state index contributed by atoms with van der Waals surface area (Å²) in [6.45, 7) is 4.25. The van der Waals surface area contributed by atoms with E-state index in [1.165, 1.54) is 148 Å². The number of allylic oxidation sites excluding steroid dienone is 12. The second-order valence-electron chi connectivity index (χ2n) is 17.6. The van der Waals surface area contributed by atoms with Crippen LogP contribution in [0.5, 0.6) is 0 Å². The molecule has 0 aliphatic rings. The van der Waals surface area contributed by atoms with Crippen molar-refractivity contribution >= 4 is 5.91 Å². The van der Waals surface area contributed by atoms with Crippen molar-refractivity contribution in [3.8, 4) is 0 Å². The predicted octanol–water partition coefficient (Wildman–Crippen LogP) is 17.0. The standard InChI is InChI=1S/C56H101NO3/c1-3-5-7-9-11-13-15-17-19-21-23-25-27-28-30-31-33-35-37-39-41-43-45-47-49-51-55(59)54(53-58)57-56(60)52-50-48-46-44-42-40-38-36-34-32-29-26-24-22-20-18-16-14-12-10-8-6-4-2/h6,8,12,14,18,20,24,26,32,34,38,40,54-55,58-59H,3-5,7,9-11,13,15-17,19,21-23,25,27-31,33,35-37,39,41-53H2,1-2H3,(H,57,60)/b8-6-,14-12-,20-18-,26-24-,34-32-,40-38-. The summed E-state index contributed by atoms with van der Waals surface area (Å²) >= 11 is 0. The van der Waals surface area contributed by atoms with E-state index in [-0.39, 0.29) is 12.5 Å². The van der Waals surface area contributed by atoms with Gasteiger partial charge in [-0.25, -0.2) is 0 Å². The number of aliphatic hydroxyl groups is 2. The van der Waals surface area contributed by atoms with Crippen LogP contribution in [0.3, 0.4) is 0 Å². The molecular formula is C56H101NO3. The molecule has 2 unspecified atom stereocenters. The number of amides is 1. The van der Waals surface area contributed by atoms with E-state index in [2.05, 4.69) is 92.1 Å². The van der Waals surface area contributed by atoms with Crippen LogP contribution in [0.25, 0.3) is 0 Å². The molecule has 0 rings (SSSR count). The van der Waals surface area contributed by atoms with Crippen molar-refractivity contribution in [2.24, 2.45) is 0 Å². The Morgan fingerprint density at radius 1 is 0.417 bits per heavy atom. The summed E-state index contributed by atoms with van der Waals surface area (Å²) in [7, 11) is 0. The minimum atomic E-state index is -0.676. The van der Waals surface area contributed by atoms with Crippen molar-refractivity contribution in [2.45, 2.75) is 270 Å². The molecule has 4 heteroatoms. The summed E-state index contributed by atoms with van der Waals surface area (Å²) in [6.07, 6.45) is 72.9. The van der Waals surface area contributed by atoms with Gasteiger partial charge in [0, 0.05) is 6.42 Å². The first kappa shape index (κ1) is 57.8. The number of hydrogen-bond donors (Lipinski definition) is 3. The molecule has 0 saturated heterocycles. The number of nitrogens with one attached hydrogen (secondary N) is 1. The smallest absolute Gasteiger partial charge is 0.220 e. The summed E-state index contributed by atoms with van der Waals surface area (Å²) in [6, 6.07) is -0.556. The fourth-order valence-corrected chi connectivity index (χ4v) is 7.78. The average molecular weight is 836 g/mol. The lowest BCUT2D eigenvalue weighted by atomic mass is 10.0. The minimum absolute atomic E-state index is 0.0557. The molecule has 0 aliphatic carbocycles. The third-order valence-electron chi connectivity index (χ3n) is 11.7. The predicted molar refractivity (Wildman–Crippen MR) is 267 cm³/mol. The van der Waals surface area contributed by atoms with Gasteiger partial charge in [-0.1, -0.05) is 260 Å². The minimum Gasteiger partial charge on any atom is -0.394 e. The molecule has 0 fully saturated rings. The van der Waals surface area contributed by atoms with Crippen molar-refractivity contribution < 1.29 is 15.0 Å². The van der Waals surface area contributed by atoms with Gasteiger partial charge in [-0.3, -0.25) is 4.79 Å². The zero-order valence-electron chi connectivity index (χ0n) is 40.0. The quantitative estimate of drug-likeness (QED) is 0.0422. The van der Waals surface area contributed by atoms with Crippen molar-refractivity contribution in [1.82, 2.24) is 5.32 Å². The first-order valence-electron chi connectivity index (χ1n) is 26.1. The van der Waals surface area contributed by atoms with Crippen LogP contribution in [0.4, 0.5) is 0 Å². The normalized spacial score (nSPS) is 13.5. The maximum absolute atomic E-state index is 12.5. The van der Waals surface area contributed by atoms with E-state index in [1.54, 1.807) is 0 Å². The van der Waals surface area contributed by atoms with Gasteiger partial charge in [0.2, 0.25) is 5.91 Å². The van der Waals surface area contributed by atoms with Gasteiger partial charge in [0.25, 0.3) is 0 Å². The molecule has 0 spiro atoms. The fraction of sp³-hybridized carbons (Fsp3) is 0.768.